The largest absolute Gasteiger partial charge is 0.313 e. The minimum Gasteiger partial charge on any atom is -0.313 e. The molecule has 1 heterocycles. The molecule has 0 aliphatic rings. The Morgan fingerprint density at radius 1 is 1.25 bits per heavy atom. The summed E-state index contributed by atoms with van der Waals surface area (Å²) in [6.07, 6.45) is 3.19. The monoisotopic (exact) mass is 325 g/mol. The van der Waals surface area contributed by atoms with Crippen LogP contribution in [-0.4, -0.2) is 23.0 Å². The first kappa shape index (κ1) is 15.8. The van der Waals surface area contributed by atoms with Crippen molar-refractivity contribution in [3.05, 3.63) is 29.3 Å². The van der Waals surface area contributed by atoms with Crippen LogP contribution in [0.15, 0.2) is 31.8 Å². The summed E-state index contributed by atoms with van der Waals surface area (Å²) >= 11 is 4.99. The number of nitrogens with zero attached hydrogens (tertiary/aromatic N) is 2. The van der Waals surface area contributed by atoms with E-state index in [-0.39, 0.29) is 0 Å². The molecule has 1 aromatic carbocycles. The van der Waals surface area contributed by atoms with Gasteiger partial charge in [-0.3, -0.25) is 0 Å². The maximum atomic E-state index is 4.20. The van der Waals surface area contributed by atoms with Crippen molar-refractivity contribution in [2.24, 2.45) is 0 Å². The third-order valence-corrected chi connectivity index (χ3v) is 5.88. The smallest absolute Gasteiger partial charge is 0.179 e. The number of benzene rings is 1. The van der Waals surface area contributed by atoms with Crippen molar-refractivity contribution >= 4 is 34.9 Å². The van der Waals surface area contributed by atoms with Gasteiger partial charge in [-0.25, -0.2) is 0 Å². The molecule has 0 atom stereocenters. The van der Waals surface area contributed by atoms with Gasteiger partial charge in [0, 0.05) is 11.4 Å². The van der Waals surface area contributed by atoms with Crippen LogP contribution in [0.2, 0.25) is 0 Å². The van der Waals surface area contributed by atoms with Gasteiger partial charge in [0.15, 0.2) is 8.68 Å². The summed E-state index contributed by atoms with van der Waals surface area (Å²) in [4.78, 5) is 1.26. The quantitative estimate of drug-likeness (QED) is 0.609. The van der Waals surface area contributed by atoms with E-state index in [4.69, 9.17) is 0 Å². The molecule has 0 fully saturated rings. The second-order valence-corrected chi connectivity index (χ2v) is 7.74. The van der Waals surface area contributed by atoms with Gasteiger partial charge in [-0.05, 0) is 43.3 Å². The molecule has 0 aliphatic heterocycles. The number of hydrogen-bond acceptors (Lipinski definition) is 6. The van der Waals surface area contributed by atoms with Crippen LogP contribution in [0.4, 0.5) is 0 Å². The number of thioether (sulfide) groups is 1. The molecule has 2 rings (SSSR count). The molecule has 2 aromatic rings. The fourth-order valence-electron chi connectivity index (χ4n) is 1.76. The Balaban J connectivity index is 2.01. The van der Waals surface area contributed by atoms with E-state index < -0.39 is 0 Å². The number of aromatic nitrogens is 2. The molecule has 1 aromatic heterocycles. The van der Waals surface area contributed by atoms with Crippen molar-refractivity contribution < 1.29 is 0 Å². The Morgan fingerprint density at radius 3 is 2.70 bits per heavy atom. The topological polar surface area (TPSA) is 37.8 Å². The molecular weight excluding hydrogens is 306 g/mol. The molecular formula is C14H19N3S3. The van der Waals surface area contributed by atoms with Gasteiger partial charge in [-0.15, -0.1) is 10.2 Å². The standard InChI is InChI=1S/C14H19N3S3/c1-4-7-15-9-11-5-6-12(10(2)8-11)19-14-17-16-13(18-3)20-14/h5-6,8,15H,4,7,9H2,1-3H3. The summed E-state index contributed by atoms with van der Waals surface area (Å²) in [6, 6.07) is 6.62. The van der Waals surface area contributed by atoms with E-state index >= 15 is 0 Å². The Kier molecular flexibility index (Phi) is 6.35. The zero-order valence-corrected chi connectivity index (χ0v) is 14.4. The van der Waals surface area contributed by atoms with Gasteiger partial charge in [0.05, 0.1) is 0 Å². The highest BCUT2D eigenvalue weighted by Gasteiger charge is 2.07. The maximum absolute atomic E-state index is 4.20. The highest BCUT2D eigenvalue weighted by Crippen LogP contribution is 2.34. The SMILES string of the molecule is CCCNCc1ccc(Sc2nnc(SC)s2)c(C)c1. The van der Waals surface area contributed by atoms with Gasteiger partial charge in [0.2, 0.25) is 0 Å². The van der Waals surface area contributed by atoms with Crippen LogP contribution in [0, 0.1) is 6.92 Å². The molecule has 3 nitrogen and oxygen atoms in total. The first-order valence-electron chi connectivity index (χ1n) is 6.58. The molecule has 0 saturated heterocycles. The molecule has 0 unspecified atom stereocenters. The molecule has 1 N–H and O–H groups in total. The summed E-state index contributed by atoms with van der Waals surface area (Å²) in [6.45, 7) is 6.35. The van der Waals surface area contributed by atoms with Gasteiger partial charge in [-0.1, -0.05) is 53.9 Å². The molecule has 0 radical (unpaired) electrons. The van der Waals surface area contributed by atoms with E-state index in [9.17, 15) is 0 Å². The van der Waals surface area contributed by atoms with Crippen LogP contribution in [0.5, 0.6) is 0 Å². The van der Waals surface area contributed by atoms with Crippen molar-refractivity contribution in [1.29, 1.82) is 0 Å². The highest BCUT2D eigenvalue weighted by molar-refractivity contribution is 8.03. The fraction of sp³-hybridized carbons (Fsp3) is 0.429. The minimum absolute atomic E-state index is 0.940. The lowest BCUT2D eigenvalue weighted by molar-refractivity contribution is 0.675. The van der Waals surface area contributed by atoms with E-state index in [0.29, 0.717) is 0 Å². The third-order valence-electron chi connectivity index (χ3n) is 2.76. The normalized spacial score (nSPS) is 10.9. The number of nitrogens with one attached hydrogen (secondary N) is 1. The van der Waals surface area contributed by atoms with Crippen molar-refractivity contribution in [3.63, 3.8) is 0 Å². The lowest BCUT2D eigenvalue weighted by Crippen LogP contribution is -2.13. The molecule has 0 bridgehead atoms. The first-order valence-corrected chi connectivity index (χ1v) is 9.44. The number of aryl methyl sites for hydroxylation is 1. The third kappa shape index (κ3) is 4.48. The maximum Gasteiger partial charge on any atom is 0.179 e. The number of rotatable bonds is 7. The minimum atomic E-state index is 0.940. The molecule has 0 amide bonds. The zero-order valence-electron chi connectivity index (χ0n) is 12.0. The van der Waals surface area contributed by atoms with Crippen LogP contribution in [-0.2, 0) is 6.54 Å². The van der Waals surface area contributed by atoms with E-state index in [1.54, 1.807) is 34.9 Å². The second kappa shape index (κ2) is 8.02. The first-order chi connectivity index (χ1) is 9.72. The lowest BCUT2D eigenvalue weighted by Gasteiger charge is -2.07. The van der Waals surface area contributed by atoms with Crippen molar-refractivity contribution in [3.8, 4) is 0 Å². The average molecular weight is 326 g/mol. The van der Waals surface area contributed by atoms with E-state index in [1.807, 2.05) is 6.26 Å². The molecule has 0 saturated carbocycles. The molecule has 20 heavy (non-hydrogen) atoms. The predicted octanol–water partition coefficient (Wildman–Crippen LogP) is 4.22. The molecule has 108 valence electrons. The van der Waals surface area contributed by atoms with Gasteiger partial charge >= 0.3 is 0 Å². The van der Waals surface area contributed by atoms with Crippen LogP contribution in [0.25, 0.3) is 0 Å². The summed E-state index contributed by atoms with van der Waals surface area (Å²) in [7, 11) is 0. The van der Waals surface area contributed by atoms with Crippen molar-refractivity contribution in [2.75, 3.05) is 12.8 Å². The van der Waals surface area contributed by atoms with Crippen LogP contribution in [0.1, 0.15) is 24.5 Å². The van der Waals surface area contributed by atoms with E-state index in [1.165, 1.54) is 22.4 Å². The molecule has 0 spiro atoms. The summed E-state index contributed by atoms with van der Waals surface area (Å²) in [5.74, 6) is 0. The van der Waals surface area contributed by atoms with Gasteiger partial charge in [0.25, 0.3) is 0 Å². The van der Waals surface area contributed by atoms with Crippen LogP contribution < -0.4 is 5.32 Å². The summed E-state index contributed by atoms with van der Waals surface area (Å²) < 4.78 is 2.03. The van der Waals surface area contributed by atoms with Crippen molar-refractivity contribution in [1.82, 2.24) is 15.5 Å². The van der Waals surface area contributed by atoms with Crippen molar-refractivity contribution in [2.45, 2.75) is 40.4 Å². The van der Waals surface area contributed by atoms with E-state index in [2.05, 4.69) is 47.6 Å². The lowest BCUT2D eigenvalue weighted by atomic mass is 10.1. The fourth-order valence-corrected chi connectivity index (χ4v) is 4.22. The average Bonchev–Trinajstić information content (AvgIpc) is 2.90. The van der Waals surface area contributed by atoms with Gasteiger partial charge in [0.1, 0.15) is 0 Å². The number of hydrogen-bond donors (Lipinski definition) is 1. The Bertz CT molecular complexity index is 554. The second-order valence-electron chi connectivity index (χ2n) is 4.42. The Hall–Kier alpha value is -0.560. The summed E-state index contributed by atoms with van der Waals surface area (Å²) in [5, 5.41) is 11.8. The predicted molar refractivity (Wildman–Crippen MR) is 89.0 cm³/mol. The van der Waals surface area contributed by atoms with E-state index in [0.717, 1.165) is 21.8 Å². The summed E-state index contributed by atoms with van der Waals surface area (Å²) in [5.41, 5.74) is 2.63. The molecule has 0 aliphatic carbocycles. The van der Waals surface area contributed by atoms with Gasteiger partial charge in [-0.2, -0.15) is 0 Å². The molecule has 6 heteroatoms. The van der Waals surface area contributed by atoms with Crippen LogP contribution in [0.3, 0.4) is 0 Å². The highest BCUT2D eigenvalue weighted by atomic mass is 32.2. The Morgan fingerprint density at radius 2 is 2.05 bits per heavy atom. The Labute approximate surface area is 133 Å². The zero-order chi connectivity index (χ0) is 14.4. The van der Waals surface area contributed by atoms with Crippen LogP contribution >= 0.6 is 34.9 Å². The van der Waals surface area contributed by atoms with Gasteiger partial charge < -0.3 is 5.32 Å².